The Balaban J connectivity index is 1.93. The van der Waals surface area contributed by atoms with Crippen LogP contribution in [0.1, 0.15) is 5.56 Å². The molecule has 131 valence electrons. The van der Waals surface area contributed by atoms with Gasteiger partial charge in [0, 0.05) is 31.9 Å². The normalized spacial score (nSPS) is 16.0. The SMILES string of the molecule is CN1CCN(c2ccc(N=[NH+])c(S(=O)(=O)Cc3ccccc3)c2)CC1. The smallest absolute Gasteiger partial charge is 0.184 e. The largest absolute Gasteiger partial charge is 0.369 e. The van der Waals surface area contributed by atoms with E-state index in [0.717, 1.165) is 37.4 Å². The maximum atomic E-state index is 12.9. The van der Waals surface area contributed by atoms with Crippen molar-refractivity contribution in [2.24, 2.45) is 5.11 Å². The molecule has 1 aliphatic heterocycles. The highest BCUT2D eigenvalue weighted by Gasteiger charge is 2.23. The van der Waals surface area contributed by atoms with E-state index >= 15 is 0 Å². The van der Waals surface area contributed by atoms with Gasteiger partial charge < -0.3 is 9.80 Å². The van der Waals surface area contributed by atoms with Crippen molar-refractivity contribution in [2.75, 3.05) is 38.1 Å². The molecule has 0 aliphatic carbocycles. The van der Waals surface area contributed by atoms with Gasteiger partial charge in [-0.1, -0.05) is 30.3 Å². The van der Waals surface area contributed by atoms with E-state index in [9.17, 15) is 8.42 Å². The van der Waals surface area contributed by atoms with Crippen LogP contribution in [0.5, 0.6) is 0 Å². The summed E-state index contributed by atoms with van der Waals surface area (Å²) in [6.45, 7) is 3.59. The molecule has 2 aromatic carbocycles. The Morgan fingerprint density at radius 1 is 1.04 bits per heavy atom. The fraction of sp³-hybridized carbons (Fsp3) is 0.333. The molecule has 0 saturated carbocycles. The van der Waals surface area contributed by atoms with Gasteiger partial charge in [-0.2, -0.15) is 0 Å². The van der Waals surface area contributed by atoms with Crippen LogP contribution in [0.4, 0.5) is 11.4 Å². The summed E-state index contributed by atoms with van der Waals surface area (Å²) in [6.07, 6.45) is 0. The van der Waals surface area contributed by atoms with Crippen molar-refractivity contribution in [3.05, 3.63) is 54.1 Å². The molecule has 1 heterocycles. The van der Waals surface area contributed by atoms with Gasteiger partial charge in [-0.3, -0.25) is 0 Å². The summed E-state index contributed by atoms with van der Waals surface area (Å²) >= 11 is 0. The summed E-state index contributed by atoms with van der Waals surface area (Å²) in [7, 11) is -1.50. The lowest BCUT2D eigenvalue weighted by atomic mass is 10.2. The lowest BCUT2D eigenvalue weighted by molar-refractivity contribution is -0.210. The van der Waals surface area contributed by atoms with Crippen molar-refractivity contribution in [1.29, 1.82) is 0 Å². The van der Waals surface area contributed by atoms with Gasteiger partial charge in [-0.05, 0) is 30.8 Å². The average molecular weight is 358 g/mol. The first-order valence-electron chi connectivity index (χ1n) is 8.21. The number of likely N-dealkylation sites (N-methyl/N-ethyl adjacent to an activating group) is 1. The molecule has 1 aliphatic rings. The third-order valence-electron chi connectivity index (χ3n) is 4.47. The van der Waals surface area contributed by atoms with Gasteiger partial charge in [0.25, 0.3) is 0 Å². The maximum absolute atomic E-state index is 12.9. The fourth-order valence-corrected chi connectivity index (χ4v) is 4.50. The van der Waals surface area contributed by atoms with E-state index in [0.29, 0.717) is 0 Å². The first kappa shape index (κ1) is 17.6. The summed E-state index contributed by atoms with van der Waals surface area (Å²) in [4.78, 5) is 4.55. The first-order valence-corrected chi connectivity index (χ1v) is 9.86. The second-order valence-corrected chi connectivity index (χ2v) is 8.26. The van der Waals surface area contributed by atoms with Crippen LogP contribution in [0.3, 0.4) is 0 Å². The molecule has 2 aromatic rings. The van der Waals surface area contributed by atoms with Crippen LogP contribution in [0.25, 0.3) is 0 Å². The molecule has 1 saturated heterocycles. The van der Waals surface area contributed by atoms with E-state index in [2.05, 4.69) is 22.0 Å². The number of nitrogens with zero attached hydrogens (tertiary/aromatic N) is 3. The van der Waals surface area contributed by atoms with Gasteiger partial charge in [0.05, 0.1) is 10.9 Å². The maximum Gasteiger partial charge on any atom is 0.184 e. The van der Waals surface area contributed by atoms with Gasteiger partial charge in [0.1, 0.15) is 10.4 Å². The minimum Gasteiger partial charge on any atom is -0.369 e. The standard InChI is InChI=1S/C18H22N4O2S/c1-21-9-11-22(12-10-21)16-7-8-17(20-19)18(13-16)25(23,24)14-15-5-3-2-4-6-15/h2-8,13,19H,9-12,14H2,1H3/q+1. The highest BCUT2D eigenvalue weighted by atomic mass is 32.2. The van der Waals surface area contributed by atoms with Crippen molar-refractivity contribution in [3.8, 4) is 0 Å². The van der Waals surface area contributed by atoms with Crippen LogP contribution >= 0.6 is 0 Å². The number of piperazine rings is 1. The molecule has 1 fully saturated rings. The van der Waals surface area contributed by atoms with E-state index in [-0.39, 0.29) is 16.3 Å². The Kier molecular flexibility index (Phi) is 5.15. The van der Waals surface area contributed by atoms with E-state index < -0.39 is 9.84 Å². The average Bonchev–Trinajstić information content (AvgIpc) is 2.62. The van der Waals surface area contributed by atoms with Crippen molar-refractivity contribution < 1.29 is 13.9 Å². The van der Waals surface area contributed by atoms with Crippen LogP contribution < -0.4 is 10.4 Å². The molecule has 25 heavy (non-hydrogen) atoms. The minimum atomic E-state index is -3.58. The summed E-state index contributed by atoms with van der Waals surface area (Å²) in [6, 6.07) is 14.2. The fourth-order valence-electron chi connectivity index (χ4n) is 2.98. The van der Waals surface area contributed by atoms with E-state index in [1.165, 1.54) is 0 Å². The summed E-state index contributed by atoms with van der Waals surface area (Å²) < 4.78 is 25.8. The zero-order valence-electron chi connectivity index (χ0n) is 14.2. The van der Waals surface area contributed by atoms with E-state index in [1.54, 1.807) is 24.3 Å². The molecule has 0 spiro atoms. The third kappa shape index (κ3) is 4.05. The molecule has 7 heteroatoms. The molecule has 0 bridgehead atoms. The van der Waals surface area contributed by atoms with Crippen LogP contribution in [0.15, 0.2) is 58.5 Å². The molecular weight excluding hydrogens is 336 g/mol. The molecule has 3 rings (SSSR count). The van der Waals surface area contributed by atoms with Gasteiger partial charge in [-0.15, -0.1) is 0 Å². The summed E-state index contributed by atoms with van der Waals surface area (Å²) in [5.41, 5.74) is 9.11. The van der Waals surface area contributed by atoms with Gasteiger partial charge >= 0.3 is 0 Å². The Bertz CT molecular complexity index is 845. The Hall–Kier alpha value is -2.25. The highest BCUT2D eigenvalue weighted by molar-refractivity contribution is 7.90. The Labute approximate surface area is 148 Å². The lowest BCUT2D eigenvalue weighted by Crippen LogP contribution is -2.44. The number of hydrogen-bond donors (Lipinski definition) is 1. The molecule has 1 radical (unpaired) electrons. The predicted molar refractivity (Wildman–Crippen MR) is 96.5 cm³/mol. The monoisotopic (exact) mass is 358 g/mol. The van der Waals surface area contributed by atoms with E-state index in [4.69, 9.17) is 5.53 Å². The van der Waals surface area contributed by atoms with Crippen molar-refractivity contribution in [2.45, 2.75) is 10.6 Å². The van der Waals surface area contributed by atoms with E-state index in [1.807, 2.05) is 24.3 Å². The zero-order valence-corrected chi connectivity index (χ0v) is 15.0. The summed E-state index contributed by atoms with van der Waals surface area (Å²) in [5, 5.41) is 3.42. The highest BCUT2D eigenvalue weighted by Crippen LogP contribution is 2.31. The number of hydrogen-bond acceptors (Lipinski definition) is 6. The number of sulfone groups is 1. The Morgan fingerprint density at radius 2 is 1.72 bits per heavy atom. The lowest BCUT2D eigenvalue weighted by Gasteiger charge is -2.34. The molecule has 0 atom stereocenters. The quantitative estimate of drug-likeness (QED) is 0.811. The van der Waals surface area contributed by atoms with Crippen molar-refractivity contribution in [1.82, 2.24) is 4.90 Å². The van der Waals surface area contributed by atoms with Gasteiger partial charge in [0.15, 0.2) is 15.5 Å². The molecule has 1 N–H and O–H groups in total. The second kappa shape index (κ2) is 7.33. The number of nitrogens with one attached hydrogen (secondary N) is 1. The third-order valence-corrected chi connectivity index (χ3v) is 6.18. The zero-order chi connectivity index (χ0) is 17.9. The Morgan fingerprint density at radius 3 is 2.36 bits per heavy atom. The molecule has 0 aromatic heterocycles. The first-order chi connectivity index (χ1) is 12.0. The van der Waals surface area contributed by atoms with Crippen LogP contribution in [0.2, 0.25) is 0 Å². The number of benzene rings is 2. The second-order valence-electron chi connectivity index (χ2n) is 6.30. The predicted octanol–water partition coefficient (Wildman–Crippen LogP) is 1.04. The van der Waals surface area contributed by atoms with Crippen LogP contribution in [-0.4, -0.2) is 46.5 Å². The summed E-state index contributed by atoms with van der Waals surface area (Å²) in [5.74, 6) is -0.0947. The number of anilines is 1. The molecule has 0 unspecified atom stereocenters. The van der Waals surface area contributed by atoms with Gasteiger partial charge in [-0.25, -0.2) is 8.42 Å². The van der Waals surface area contributed by atoms with Crippen LogP contribution in [-0.2, 0) is 15.6 Å². The molecular formula is C18H22N4O2S+. The van der Waals surface area contributed by atoms with Crippen molar-refractivity contribution in [3.63, 3.8) is 0 Å². The minimum absolute atomic E-state index is 0.0947. The van der Waals surface area contributed by atoms with Crippen molar-refractivity contribution >= 4 is 21.2 Å². The van der Waals surface area contributed by atoms with Gasteiger partial charge in [0.2, 0.25) is 0 Å². The molecule has 0 amide bonds. The topological polar surface area (TPSA) is 76.8 Å². The number of rotatable bonds is 5. The molecule has 6 nitrogen and oxygen atoms in total. The van der Waals surface area contributed by atoms with Crippen LogP contribution in [0, 0.1) is 0 Å².